The number of unbranched alkanes of at least 4 members (excludes halogenated alkanes) is 4. The van der Waals surface area contributed by atoms with E-state index < -0.39 is 22.8 Å². The summed E-state index contributed by atoms with van der Waals surface area (Å²) in [5.74, 6) is -1.28. The molecule has 0 saturated heterocycles. The first-order valence-corrected chi connectivity index (χ1v) is 16.5. The molecule has 0 saturated carbocycles. The first kappa shape index (κ1) is 36.1. The number of aromatic amines is 2. The molecule has 2 aromatic heterocycles. The number of hydrogen-bond donors (Lipinski definition) is 2. The van der Waals surface area contributed by atoms with Crippen molar-refractivity contribution in [1.82, 2.24) is 9.97 Å². The van der Waals surface area contributed by atoms with E-state index in [2.05, 4.69) is 23.1 Å². The zero-order valence-electron chi connectivity index (χ0n) is 27.8. The SMILES string of the molecule is C=CCCCCOC(=O)c1[nH]c(C(c2ccc([N+](=O)[O-])cc2)c2[nH]c(C(=O)OCCCCC=C)c(CC)c2CC)c(CC)c1CC. The summed E-state index contributed by atoms with van der Waals surface area (Å²) in [6.45, 7) is 16.2. The molecule has 0 atom stereocenters. The lowest BCUT2D eigenvalue weighted by Gasteiger charge is -2.20. The lowest BCUT2D eigenvalue weighted by atomic mass is 9.85. The van der Waals surface area contributed by atoms with Crippen molar-refractivity contribution < 1.29 is 24.0 Å². The van der Waals surface area contributed by atoms with Crippen LogP contribution in [0.15, 0.2) is 49.6 Å². The lowest BCUT2D eigenvalue weighted by molar-refractivity contribution is -0.384. The van der Waals surface area contributed by atoms with Gasteiger partial charge in [-0.1, -0.05) is 52.0 Å². The van der Waals surface area contributed by atoms with Crippen LogP contribution in [0.5, 0.6) is 0 Å². The summed E-state index contributed by atoms with van der Waals surface area (Å²) >= 11 is 0. The highest BCUT2D eigenvalue weighted by Crippen LogP contribution is 2.40. The average molecular weight is 632 g/mol. The van der Waals surface area contributed by atoms with E-state index >= 15 is 0 Å². The minimum atomic E-state index is -0.468. The molecule has 0 fully saturated rings. The van der Waals surface area contributed by atoms with Gasteiger partial charge in [-0.15, -0.1) is 13.2 Å². The number of carbonyl (C=O) groups excluding carboxylic acids is 2. The largest absolute Gasteiger partial charge is 0.461 e. The maximum atomic E-state index is 13.4. The van der Waals surface area contributed by atoms with Gasteiger partial charge < -0.3 is 19.4 Å². The Labute approximate surface area is 272 Å². The lowest BCUT2D eigenvalue weighted by Crippen LogP contribution is -2.12. The van der Waals surface area contributed by atoms with E-state index in [0.29, 0.717) is 50.3 Å². The Kier molecular flexibility index (Phi) is 14.1. The summed E-state index contributed by atoms with van der Waals surface area (Å²) in [5, 5.41) is 11.5. The molecule has 1 aromatic carbocycles. The fourth-order valence-corrected chi connectivity index (χ4v) is 6.15. The second kappa shape index (κ2) is 17.9. The average Bonchev–Trinajstić information content (AvgIpc) is 3.62. The summed E-state index contributed by atoms with van der Waals surface area (Å²) < 4.78 is 11.4. The van der Waals surface area contributed by atoms with Crippen LogP contribution in [0.3, 0.4) is 0 Å². The molecule has 46 heavy (non-hydrogen) atoms. The molecular weight excluding hydrogens is 582 g/mol. The van der Waals surface area contributed by atoms with Gasteiger partial charge >= 0.3 is 11.9 Å². The van der Waals surface area contributed by atoms with Crippen LogP contribution in [0.2, 0.25) is 0 Å². The number of hydrogen-bond acceptors (Lipinski definition) is 6. The fourth-order valence-electron chi connectivity index (χ4n) is 6.15. The predicted octanol–water partition coefficient (Wildman–Crippen LogP) is 8.71. The number of esters is 2. The van der Waals surface area contributed by atoms with Crippen LogP contribution < -0.4 is 0 Å². The van der Waals surface area contributed by atoms with Gasteiger partial charge in [-0.3, -0.25) is 10.1 Å². The number of ether oxygens (including phenoxy) is 2. The van der Waals surface area contributed by atoms with Crippen molar-refractivity contribution in [3.8, 4) is 0 Å². The zero-order chi connectivity index (χ0) is 33.6. The van der Waals surface area contributed by atoms with Crippen molar-refractivity contribution in [2.45, 2.75) is 97.8 Å². The standard InChI is InChI=1S/C37H49N3O6/c1-7-13-15-17-23-45-36(41)34-29(11-5)27(9-3)32(38-34)31(25-19-21-26(22-20-25)40(43)44)33-28(10-4)30(12-6)35(39-33)37(42)46-24-18-16-14-8-2/h7-8,19-22,31,38-39H,1-2,9-18,23-24H2,3-6H3. The Morgan fingerprint density at radius 1 is 0.739 bits per heavy atom. The Morgan fingerprint density at radius 3 is 1.50 bits per heavy atom. The Bertz CT molecular complexity index is 1410. The fraction of sp³-hybridized carbons (Fsp3) is 0.459. The molecule has 3 aromatic rings. The van der Waals surface area contributed by atoms with E-state index in [4.69, 9.17) is 9.47 Å². The number of nitro groups is 1. The van der Waals surface area contributed by atoms with E-state index in [1.165, 1.54) is 12.1 Å². The van der Waals surface area contributed by atoms with Crippen molar-refractivity contribution >= 4 is 17.6 Å². The smallest absolute Gasteiger partial charge is 0.355 e. The Hall–Kier alpha value is -4.40. The minimum Gasteiger partial charge on any atom is -0.461 e. The van der Waals surface area contributed by atoms with Gasteiger partial charge in [-0.05, 0) is 92.0 Å². The summed E-state index contributed by atoms with van der Waals surface area (Å²) in [4.78, 5) is 44.8. The Morgan fingerprint density at radius 2 is 1.15 bits per heavy atom. The van der Waals surface area contributed by atoms with E-state index in [9.17, 15) is 19.7 Å². The van der Waals surface area contributed by atoms with Gasteiger partial charge in [-0.2, -0.15) is 0 Å². The number of H-pyrrole nitrogens is 2. The summed E-state index contributed by atoms with van der Waals surface area (Å²) in [6.07, 6.45) is 11.2. The second-order valence-corrected chi connectivity index (χ2v) is 11.3. The highest BCUT2D eigenvalue weighted by molar-refractivity contribution is 5.91. The molecule has 3 rings (SSSR count). The van der Waals surface area contributed by atoms with Gasteiger partial charge in [-0.25, -0.2) is 9.59 Å². The van der Waals surface area contributed by atoms with Gasteiger partial charge in [0.25, 0.3) is 5.69 Å². The molecule has 0 radical (unpaired) electrons. The van der Waals surface area contributed by atoms with Crippen molar-refractivity contribution in [3.63, 3.8) is 0 Å². The molecule has 0 aliphatic heterocycles. The first-order chi connectivity index (χ1) is 22.3. The van der Waals surface area contributed by atoms with Crippen LogP contribution in [0.1, 0.15) is 132 Å². The number of allylic oxidation sites excluding steroid dienone is 2. The number of nitro benzene ring substituents is 1. The number of rotatable bonds is 20. The number of nitrogens with one attached hydrogen (secondary N) is 2. The van der Waals surface area contributed by atoms with Crippen LogP contribution in [0, 0.1) is 10.1 Å². The molecule has 9 nitrogen and oxygen atoms in total. The number of aromatic nitrogens is 2. The molecule has 0 aliphatic rings. The van der Waals surface area contributed by atoms with Crippen LogP contribution in [0.25, 0.3) is 0 Å². The summed E-state index contributed by atoms with van der Waals surface area (Å²) in [7, 11) is 0. The Balaban J connectivity index is 2.18. The molecule has 0 aliphatic carbocycles. The maximum Gasteiger partial charge on any atom is 0.355 e. The third-order valence-corrected chi connectivity index (χ3v) is 8.41. The van der Waals surface area contributed by atoms with Crippen molar-refractivity contribution in [2.75, 3.05) is 13.2 Å². The van der Waals surface area contributed by atoms with Gasteiger partial charge in [0, 0.05) is 23.5 Å². The molecule has 2 N–H and O–H groups in total. The van der Waals surface area contributed by atoms with E-state index in [0.717, 1.165) is 77.7 Å². The molecule has 0 unspecified atom stereocenters. The third-order valence-electron chi connectivity index (χ3n) is 8.41. The van der Waals surface area contributed by atoms with Crippen molar-refractivity contribution in [3.05, 3.63) is 110 Å². The maximum absolute atomic E-state index is 13.4. The van der Waals surface area contributed by atoms with Crippen molar-refractivity contribution in [1.29, 1.82) is 0 Å². The van der Waals surface area contributed by atoms with Gasteiger partial charge in [0.1, 0.15) is 11.4 Å². The first-order valence-electron chi connectivity index (χ1n) is 16.5. The molecule has 2 heterocycles. The van der Waals surface area contributed by atoms with Crippen LogP contribution in [-0.2, 0) is 35.2 Å². The topological polar surface area (TPSA) is 127 Å². The number of non-ortho nitro benzene ring substituents is 1. The number of carbonyl (C=O) groups is 2. The van der Waals surface area contributed by atoms with Crippen molar-refractivity contribution in [2.24, 2.45) is 0 Å². The summed E-state index contributed by atoms with van der Waals surface area (Å²) in [6, 6.07) is 6.47. The third kappa shape index (κ3) is 8.44. The highest BCUT2D eigenvalue weighted by atomic mass is 16.6. The number of nitrogens with zero attached hydrogens (tertiary/aromatic N) is 1. The van der Waals surface area contributed by atoms with E-state index in [1.807, 2.05) is 39.8 Å². The highest BCUT2D eigenvalue weighted by Gasteiger charge is 2.32. The van der Waals surface area contributed by atoms with Crippen LogP contribution >= 0.6 is 0 Å². The van der Waals surface area contributed by atoms with Gasteiger partial charge in [0.05, 0.1) is 24.1 Å². The van der Waals surface area contributed by atoms with Crippen LogP contribution in [-0.4, -0.2) is 40.0 Å². The summed E-state index contributed by atoms with van der Waals surface area (Å²) in [5.41, 5.74) is 6.97. The van der Waals surface area contributed by atoms with E-state index in [1.54, 1.807) is 12.1 Å². The van der Waals surface area contributed by atoms with Gasteiger partial charge in [0.2, 0.25) is 0 Å². The molecule has 0 bridgehead atoms. The molecule has 9 heteroatoms. The monoisotopic (exact) mass is 631 g/mol. The normalized spacial score (nSPS) is 11.1. The zero-order valence-corrected chi connectivity index (χ0v) is 27.8. The quantitative estimate of drug-likeness (QED) is 0.0422. The molecule has 0 spiro atoms. The molecular formula is C37H49N3O6. The minimum absolute atomic E-state index is 0.0168. The predicted molar refractivity (Wildman–Crippen MR) is 182 cm³/mol. The molecule has 248 valence electrons. The number of benzene rings is 1. The van der Waals surface area contributed by atoms with Crippen LogP contribution in [0.4, 0.5) is 5.69 Å². The van der Waals surface area contributed by atoms with Gasteiger partial charge in [0.15, 0.2) is 0 Å². The molecule has 0 amide bonds. The second-order valence-electron chi connectivity index (χ2n) is 11.3. The van der Waals surface area contributed by atoms with E-state index in [-0.39, 0.29) is 5.69 Å².